The summed E-state index contributed by atoms with van der Waals surface area (Å²) >= 11 is 6.19. The van der Waals surface area contributed by atoms with E-state index in [1.807, 2.05) is 24.3 Å². The van der Waals surface area contributed by atoms with Crippen molar-refractivity contribution in [3.63, 3.8) is 0 Å². The molecule has 3 aromatic rings. The fourth-order valence-corrected chi connectivity index (χ4v) is 2.37. The van der Waals surface area contributed by atoms with E-state index in [4.69, 9.17) is 16.3 Å². The van der Waals surface area contributed by atoms with Crippen molar-refractivity contribution in [1.29, 1.82) is 0 Å². The number of ether oxygens (including phenoxy) is 1. The van der Waals surface area contributed by atoms with Crippen LogP contribution in [0.2, 0.25) is 5.02 Å². The van der Waals surface area contributed by atoms with Gasteiger partial charge in [-0.3, -0.25) is 4.57 Å². The molecule has 1 aromatic heterocycles. The van der Waals surface area contributed by atoms with E-state index in [0.717, 1.165) is 0 Å². The Balaban J connectivity index is 2.35. The molecule has 0 atom stereocenters. The van der Waals surface area contributed by atoms with E-state index >= 15 is 0 Å². The molecule has 0 aliphatic rings. The third kappa shape index (κ3) is 1.90. The second-order valence-corrected chi connectivity index (χ2v) is 4.51. The molecule has 0 radical (unpaired) electrons. The summed E-state index contributed by atoms with van der Waals surface area (Å²) in [7, 11) is 1.59. The number of aromatic nitrogens is 2. The summed E-state index contributed by atoms with van der Waals surface area (Å²) in [5, 5.41) is 0.527. The maximum atomic E-state index is 12.1. The molecule has 0 aliphatic carbocycles. The summed E-state index contributed by atoms with van der Waals surface area (Å²) in [6.07, 6.45) is 0. The van der Waals surface area contributed by atoms with Gasteiger partial charge >= 0.3 is 5.69 Å². The van der Waals surface area contributed by atoms with Gasteiger partial charge in [0.2, 0.25) is 0 Å². The third-order valence-electron chi connectivity index (χ3n) is 2.97. The molecule has 1 N–H and O–H groups in total. The van der Waals surface area contributed by atoms with E-state index in [0.29, 0.717) is 27.5 Å². The van der Waals surface area contributed by atoms with Crippen LogP contribution in [-0.2, 0) is 0 Å². The molecule has 96 valence electrons. The van der Waals surface area contributed by atoms with Crippen LogP contribution in [-0.4, -0.2) is 16.7 Å². The van der Waals surface area contributed by atoms with Crippen LogP contribution in [0.1, 0.15) is 0 Å². The molecule has 3 rings (SSSR count). The number of nitrogens with one attached hydrogen (secondary N) is 1. The van der Waals surface area contributed by atoms with Crippen molar-refractivity contribution < 1.29 is 4.74 Å². The number of methoxy groups -OCH3 is 1. The summed E-state index contributed by atoms with van der Waals surface area (Å²) < 4.78 is 6.72. The van der Waals surface area contributed by atoms with Gasteiger partial charge in [0, 0.05) is 6.07 Å². The van der Waals surface area contributed by atoms with Crippen LogP contribution in [0.4, 0.5) is 0 Å². The first-order chi connectivity index (χ1) is 9.20. The highest BCUT2D eigenvalue weighted by Gasteiger charge is 2.11. The molecule has 0 fully saturated rings. The molecular formula is C14H11ClN2O2. The van der Waals surface area contributed by atoms with Crippen molar-refractivity contribution in [2.45, 2.75) is 0 Å². The quantitative estimate of drug-likeness (QED) is 0.781. The van der Waals surface area contributed by atoms with E-state index in [2.05, 4.69) is 4.98 Å². The van der Waals surface area contributed by atoms with Crippen molar-refractivity contribution in [1.82, 2.24) is 9.55 Å². The second kappa shape index (κ2) is 4.48. The molecule has 0 spiro atoms. The fraction of sp³-hybridized carbons (Fsp3) is 0.0714. The molecule has 0 amide bonds. The number of H-pyrrole nitrogens is 1. The van der Waals surface area contributed by atoms with Gasteiger partial charge in [-0.15, -0.1) is 0 Å². The number of imidazole rings is 1. The van der Waals surface area contributed by atoms with Gasteiger partial charge in [0.1, 0.15) is 5.75 Å². The Kier molecular flexibility index (Phi) is 2.80. The minimum Gasteiger partial charge on any atom is -0.497 e. The second-order valence-electron chi connectivity index (χ2n) is 4.10. The molecule has 0 aliphatic heterocycles. The summed E-state index contributed by atoms with van der Waals surface area (Å²) in [4.78, 5) is 14.9. The van der Waals surface area contributed by atoms with Gasteiger partial charge in [-0.1, -0.05) is 23.7 Å². The molecule has 0 saturated heterocycles. The first-order valence-electron chi connectivity index (χ1n) is 5.74. The van der Waals surface area contributed by atoms with E-state index in [9.17, 15) is 4.79 Å². The highest BCUT2D eigenvalue weighted by atomic mass is 35.5. The van der Waals surface area contributed by atoms with E-state index in [1.54, 1.807) is 29.9 Å². The lowest BCUT2D eigenvalue weighted by molar-refractivity contribution is 0.414. The van der Waals surface area contributed by atoms with Crippen molar-refractivity contribution in [3.05, 3.63) is 58.0 Å². The summed E-state index contributed by atoms with van der Waals surface area (Å²) in [5.41, 5.74) is 1.86. The molecular weight excluding hydrogens is 264 g/mol. The van der Waals surface area contributed by atoms with E-state index in [-0.39, 0.29) is 5.69 Å². The zero-order chi connectivity index (χ0) is 13.4. The highest BCUT2D eigenvalue weighted by Crippen LogP contribution is 2.24. The number of para-hydroxylation sites is 1. The zero-order valence-electron chi connectivity index (χ0n) is 10.2. The van der Waals surface area contributed by atoms with Crippen LogP contribution < -0.4 is 10.4 Å². The average Bonchev–Trinajstić information content (AvgIpc) is 2.76. The van der Waals surface area contributed by atoms with Crippen molar-refractivity contribution in [2.75, 3.05) is 7.11 Å². The molecule has 1 heterocycles. The number of fused-ring (bicyclic) bond motifs is 1. The van der Waals surface area contributed by atoms with E-state index in [1.165, 1.54) is 0 Å². The molecule has 4 nitrogen and oxygen atoms in total. The maximum absolute atomic E-state index is 12.1. The van der Waals surface area contributed by atoms with Gasteiger partial charge < -0.3 is 9.72 Å². The first kappa shape index (κ1) is 11.9. The van der Waals surface area contributed by atoms with Crippen molar-refractivity contribution in [3.8, 4) is 11.4 Å². The molecule has 0 unspecified atom stereocenters. The van der Waals surface area contributed by atoms with Gasteiger partial charge in [0.15, 0.2) is 0 Å². The summed E-state index contributed by atoms with van der Waals surface area (Å²) in [6, 6.07) is 12.7. The number of aromatic amines is 1. The predicted molar refractivity (Wildman–Crippen MR) is 75.5 cm³/mol. The largest absolute Gasteiger partial charge is 0.497 e. The SMILES string of the molecule is COc1cccc(-n2c(=O)[nH]c3cccc(Cl)c32)c1. The Hall–Kier alpha value is -2.20. The Labute approximate surface area is 114 Å². The lowest BCUT2D eigenvalue weighted by Gasteiger charge is -2.06. The van der Waals surface area contributed by atoms with Crippen molar-refractivity contribution >= 4 is 22.6 Å². The monoisotopic (exact) mass is 274 g/mol. The van der Waals surface area contributed by atoms with Gasteiger partial charge in [-0.2, -0.15) is 0 Å². The highest BCUT2D eigenvalue weighted by molar-refractivity contribution is 6.35. The summed E-state index contributed by atoms with van der Waals surface area (Å²) in [6.45, 7) is 0. The van der Waals surface area contributed by atoms with Gasteiger partial charge in [0.25, 0.3) is 0 Å². The number of halogens is 1. The standard InChI is InChI=1S/C14H11ClN2O2/c1-19-10-5-2-4-9(8-10)17-13-11(15)6-3-7-12(13)16-14(17)18/h2-8H,1H3,(H,16,18). The average molecular weight is 275 g/mol. The Morgan fingerprint density at radius 1 is 1.21 bits per heavy atom. The van der Waals surface area contributed by atoms with Crippen LogP contribution in [0.3, 0.4) is 0 Å². The topological polar surface area (TPSA) is 47.0 Å². The number of rotatable bonds is 2. The first-order valence-corrected chi connectivity index (χ1v) is 6.12. The van der Waals surface area contributed by atoms with Gasteiger partial charge in [-0.05, 0) is 24.3 Å². The van der Waals surface area contributed by atoms with E-state index < -0.39 is 0 Å². The lowest BCUT2D eigenvalue weighted by Crippen LogP contribution is -2.14. The molecule has 2 aromatic carbocycles. The van der Waals surface area contributed by atoms with Crippen LogP contribution in [0.25, 0.3) is 16.7 Å². The van der Waals surface area contributed by atoms with Gasteiger partial charge in [-0.25, -0.2) is 4.79 Å². The molecule has 0 saturated carbocycles. The van der Waals surface area contributed by atoms with Gasteiger partial charge in [0.05, 0.1) is 28.9 Å². The Bertz CT molecular complexity index is 805. The van der Waals surface area contributed by atoms with Crippen LogP contribution >= 0.6 is 11.6 Å². The van der Waals surface area contributed by atoms with Crippen molar-refractivity contribution in [2.24, 2.45) is 0 Å². The molecule has 5 heteroatoms. The molecule has 0 bridgehead atoms. The normalized spacial score (nSPS) is 10.8. The maximum Gasteiger partial charge on any atom is 0.331 e. The number of hydrogen-bond donors (Lipinski definition) is 1. The minimum absolute atomic E-state index is 0.226. The van der Waals surface area contributed by atoms with Crippen LogP contribution in [0, 0.1) is 0 Å². The number of hydrogen-bond acceptors (Lipinski definition) is 2. The Morgan fingerprint density at radius 2 is 2.00 bits per heavy atom. The fourth-order valence-electron chi connectivity index (χ4n) is 2.11. The smallest absolute Gasteiger partial charge is 0.331 e. The minimum atomic E-state index is -0.226. The Morgan fingerprint density at radius 3 is 2.79 bits per heavy atom. The predicted octanol–water partition coefficient (Wildman–Crippen LogP) is 2.98. The number of nitrogens with zero attached hydrogens (tertiary/aromatic N) is 1. The van der Waals surface area contributed by atoms with Crippen LogP contribution in [0.15, 0.2) is 47.3 Å². The number of benzene rings is 2. The third-order valence-corrected chi connectivity index (χ3v) is 3.27. The molecule has 19 heavy (non-hydrogen) atoms. The zero-order valence-corrected chi connectivity index (χ0v) is 10.9. The lowest BCUT2D eigenvalue weighted by atomic mass is 10.2. The summed E-state index contributed by atoms with van der Waals surface area (Å²) in [5.74, 6) is 0.686. The van der Waals surface area contributed by atoms with Crippen LogP contribution in [0.5, 0.6) is 5.75 Å².